The largest absolute Gasteiger partial charge is 0.508 e. The Morgan fingerprint density at radius 2 is 1.60 bits per heavy atom. The van der Waals surface area contributed by atoms with Crippen LogP contribution < -0.4 is 10.1 Å². The number of nitrogens with one attached hydrogen (secondary N) is 3. The summed E-state index contributed by atoms with van der Waals surface area (Å²) in [5, 5.41) is 37.2. The van der Waals surface area contributed by atoms with Crippen molar-refractivity contribution in [2.75, 3.05) is 12.4 Å². The molecule has 5 N–H and O–H groups in total. The number of benzene rings is 3. The van der Waals surface area contributed by atoms with Gasteiger partial charge >= 0.3 is 6.03 Å². The van der Waals surface area contributed by atoms with Gasteiger partial charge in [-0.15, -0.1) is 5.11 Å². The van der Waals surface area contributed by atoms with E-state index in [1.807, 2.05) is 30.3 Å². The maximum Gasteiger partial charge on any atom is 0.364 e. The Hall–Kier alpha value is -5.12. The van der Waals surface area contributed by atoms with Gasteiger partial charge in [-0.1, -0.05) is 17.2 Å². The number of carbonyl (C=O) groups is 2. The minimum Gasteiger partial charge on any atom is -0.508 e. The highest BCUT2D eigenvalue weighted by Crippen LogP contribution is 2.49. The molecule has 5 rings (SSSR count). The number of hydrogen-bond donors (Lipinski definition) is 5. The number of hydrogen-bond acceptors (Lipinski definition) is 5. The number of methoxy groups -OCH3 is 1. The zero-order chi connectivity index (χ0) is 24.5. The van der Waals surface area contributed by atoms with Crippen LogP contribution in [0.2, 0.25) is 0 Å². The summed E-state index contributed by atoms with van der Waals surface area (Å²) >= 11 is 0. The first kappa shape index (κ1) is 21.7. The number of H-pyrrole nitrogens is 2. The molecular weight excluding hydrogens is 450 g/mol. The van der Waals surface area contributed by atoms with E-state index in [1.54, 1.807) is 19.2 Å². The average Bonchev–Trinajstić information content (AvgIpc) is 3.43. The predicted molar refractivity (Wildman–Crippen MR) is 129 cm³/mol. The number of rotatable bonds is 4. The maximum atomic E-state index is 12.4. The van der Waals surface area contributed by atoms with Gasteiger partial charge in [0.2, 0.25) is 0 Å². The number of aromatic hydroxyl groups is 2. The van der Waals surface area contributed by atoms with Crippen molar-refractivity contribution < 1.29 is 24.5 Å². The molecule has 1 aliphatic heterocycles. The lowest BCUT2D eigenvalue weighted by atomic mass is 10.1. The second-order valence-corrected chi connectivity index (χ2v) is 7.66. The van der Waals surface area contributed by atoms with Gasteiger partial charge in [0.05, 0.1) is 35.1 Å². The molecule has 10 nitrogen and oxygen atoms in total. The minimum absolute atomic E-state index is 0.00260. The highest BCUT2D eigenvalue weighted by atomic mass is 16.5. The van der Waals surface area contributed by atoms with E-state index in [-0.39, 0.29) is 17.1 Å². The summed E-state index contributed by atoms with van der Waals surface area (Å²) in [6, 6.07) is 17.1. The molecule has 0 unspecified atom stereocenters. The molecule has 1 heterocycles. The first-order chi connectivity index (χ1) is 17.0. The number of aromatic amines is 2. The quantitative estimate of drug-likeness (QED) is 0.220. The van der Waals surface area contributed by atoms with Crippen LogP contribution in [0.25, 0.3) is 33.3 Å². The van der Waals surface area contributed by atoms with Crippen LogP contribution in [0, 0.1) is 0 Å². The van der Waals surface area contributed by atoms with Crippen molar-refractivity contribution in [2.45, 2.75) is 0 Å². The number of nitrogens with zero attached hydrogens (tertiary/aromatic N) is 2. The SMILES string of the molecule is COc1ccc(-c2[nH][nH]c3c4cccc(NC(=O)N=NC(=O)c5ccc(O)cc5)c4c(O)c2-3)cc1. The van der Waals surface area contributed by atoms with Gasteiger partial charge in [0.1, 0.15) is 17.2 Å². The molecule has 174 valence electrons. The van der Waals surface area contributed by atoms with Crippen molar-refractivity contribution in [3.05, 3.63) is 72.3 Å². The van der Waals surface area contributed by atoms with E-state index >= 15 is 0 Å². The standard InChI is InChI=1S/C25H19N5O5/c1-35-16-11-7-13(8-12-16)21-20-22(28-27-21)17-3-2-4-18(19(17)23(20)32)26-25(34)30-29-24(33)14-5-9-15(31)10-6-14/h2-12,27-28,31-32H,1H3,(H,26,34). The van der Waals surface area contributed by atoms with Crippen molar-refractivity contribution in [3.63, 3.8) is 0 Å². The van der Waals surface area contributed by atoms with Gasteiger partial charge in [0, 0.05) is 16.5 Å². The molecule has 3 amide bonds. The normalized spacial score (nSPS) is 11.3. The summed E-state index contributed by atoms with van der Waals surface area (Å²) in [6.45, 7) is 0. The number of carbonyl (C=O) groups excluding carboxylic acids is 2. The van der Waals surface area contributed by atoms with Crippen LogP contribution in [0.5, 0.6) is 17.2 Å². The van der Waals surface area contributed by atoms with Crippen LogP contribution in [0.15, 0.2) is 77.0 Å². The Morgan fingerprint density at radius 3 is 2.31 bits per heavy atom. The summed E-state index contributed by atoms with van der Waals surface area (Å²) in [6.07, 6.45) is 0. The minimum atomic E-state index is -0.879. The Labute approximate surface area is 198 Å². The van der Waals surface area contributed by atoms with E-state index in [2.05, 4.69) is 25.7 Å². The maximum absolute atomic E-state index is 12.4. The molecule has 0 saturated heterocycles. The lowest BCUT2D eigenvalue weighted by molar-refractivity contribution is 0.0994. The summed E-state index contributed by atoms with van der Waals surface area (Å²) in [7, 11) is 1.59. The molecular formula is C25H19N5O5. The average molecular weight is 469 g/mol. The molecule has 0 spiro atoms. The molecule has 3 aromatic carbocycles. The van der Waals surface area contributed by atoms with Gasteiger partial charge < -0.3 is 20.3 Å². The van der Waals surface area contributed by atoms with Crippen LogP contribution in [0.4, 0.5) is 10.5 Å². The Kier molecular flexibility index (Phi) is 5.38. The van der Waals surface area contributed by atoms with Crippen molar-refractivity contribution in [3.8, 4) is 39.8 Å². The zero-order valence-electron chi connectivity index (χ0n) is 18.4. The number of amides is 3. The summed E-state index contributed by atoms with van der Waals surface area (Å²) in [5.74, 6) is -0.0443. The van der Waals surface area contributed by atoms with Crippen LogP contribution in [-0.2, 0) is 0 Å². The molecule has 10 heteroatoms. The smallest absolute Gasteiger partial charge is 0.364 e. The molecule has 1 aliphatic carbocycles. The highest BCUT2D eigenvalue weighted by Gasteiger charge is 2.26. The molecule has 2 aliphatic rings. The number of anilines is 1. The summed E-state index contributed by atoms with van der Waals surface area (Å²) in [4.78, 5) is 24.5. The fourth-order valence-corrected chi connectivity index (χ4v) is 3.93. The molecule has 0 radical (unpaired) electrons. The summed E-state index contributed by atoms with van der Waals surface area (Å²) < 4.78 is 5.21. The van der Waals surface area contributed by atoms with Crippen LogP contribution in [0.1, 0.15) is 10.4 Å². The highest BCUT2D eigenvalue weighted by molar-refractivity contribution is 6.16. The number of aromatic nitrogens is 2. The summed E-state index contributed by atoms with van der Waals surface area (Å²) in [5.41, 5.74) is 3.22. The van der Waals surface area contributed by atoms with E-state index in [4.69, 9.17) is 4.74 Å². The second-order valence-electron chi connectivity index (χ2n) is 7.66. The van der Waals surface area contributed by atoms with Crippen molar-refractivity contribution in [1.29, 1.82) is 0 Å². The van der Waals surface area contributed by atoms with Gasteiger partial charge in [-0.05, 0) is 54.6 Å². The first-order valence-electron chi connectivity index (χ1n) is 10.5. The molecule has 0 saturated carbocycles. The number of phenols is 1. The zero-order valence-corrected chi connectivity index (χ0v) is 18.4. The third-order valence-electron chi connectivity index (χ3n) is 5.59. The molecule has 0 atom stereocenters. The van der Waals surface area contributed by atoms with Crippen molar-refractivity contribution in [1.82, 2.24) is 10.2 Å². The van der Waals surface area contributed by atoms with E-state index in [1.165, 1.54) is 24.3 Å². The second kappa shape index (κ2) is 8.67. The van der Waals surface area contributed by atoms with Crippen LogP contribution in [0.3, 0.4) is 0 Å². The van der Waals surface area contributed by atoms with E-state index in [0.717, 1.165) is 5.56 Å². The molecule has 35 heavy (non-hydrogen) atoms. The van der Waals surface area contributed by atoms with E-state index < -0.39 is 11.9 Å². The van der Waals surface area contributed by atoms with Crippen LogP contribution in [-0.4, -0.2) is 39.5 Å². The van der Waals surface area contributed by atoms with E-state index in [9.17, 15) is 19.8 Å². The number of ether oxygens (including phenoxy) is 1. The fraction of sp³-hybridized carbons (Fsp3) is 0.0400. The van der Waals surface area contributed by atoms with Gasteiger partial charge in [-0.2, -0.15) is 0 Å². The predicted octanol–water partition coefficient (Wildman–Crippen LogP) is 5.51. The first-order valence-corrected chi connectivity index (χ1v) is 10.5. The number of phenolic OH excluding ortho intramolecular Hbond substituents is 1. The number of urea groups is 1. The Morgan fingerprint density at radius 1 is 0.886 bits per heavy atom. The molecule has 0 aromatic heterocycles. The molecule has 0 fully saturated rings. The topological polar surface area (TPSA) is 152 Å². The third kappa shape index (κ3) is 3.93. The monoisotopic (exact) mass is 469 g/mol. The van der Waals surface area contributed by atoms with Gasteiger partial charge in [0.15, 0.2) is 0 Å². The van der Waals surface area contributed by atoms with Crippen molar-refractivity contribution in [2.24, 2.45) is 10.2 Å². The van der Waals surface area contributed by atoms with Gasteiger partial charge in [0.25, 0.3) is 5.91 Å². The molecule has 0 bridgehead atoms. The Bertz CT molecular complexity index is 1550. The van der Waals surface area contributed by atoms with Crippen LogP contribution >= 0.6 is 0 Å². The van der Waals surface area contributed by atoms with Crippen molar-refractivity contribution >= 4 is 28.4 Å². The third-order valence-corrected chi connectivity index (χ3v) is 5.59. The van der Waals surface area contributed by atoms with E-state index in [0.29, 0.717) is 39.2 Å². The number of azo groups is 1. The lowest BCUT2D eigenvalue weighted by Gasteiger charge is -2.05. The fourth-order valence-electron chi connectivity index (χ4n) is 3.93. The van der Waals surface area contributed by atoms with Gasteiger partial charge in [-0.25, -0.2) is 4.79 Å². The lowest BCUT2D eigenvalue weighted by Crippen LogP contribution is -2.06. The van der Waals surface area contributed by atoms with Gasteiger partial charge in [-0.3, -0.25) is 15.0 Å². The Balaban J connectivity index is 1.45. The number of fused-ring (bicyclic) bond motifs is 3. The molecule has 3 aromatic rings.